The molecule has 1 aromatic carbocycles. The van der Waals surface area contributed by atoms with Crippen molar-refractivity contribution in [3.63, 3.8) is 0 Å². The lowest BCUT2D eigenvalue weighted by Crippen LogP contribution is -2.19. The molecule has 0 spiro atoms. The fourth-order valence-corrected chi connectivity index (χ4v) is 1.37. The third-order valence-electron chi connectivity index (χ3n) is 2.17. The minimum Gasteiger partial charge on any atom is -0.351 e. The Balaban J connectivity index is 2.05. The van der Waals surface area contributed by atoms with E-state index in [1.807, 2.05) is 0 Å². The Labute approximate surface area is 102 Å². The van der Waals surface area contributed by atoms with Gasteiger partial charge in [-0.2, -0.15) is 5.10 Å². The Morgan fingerprint density at radius 2 is 1.83 bits per heavy atom. The summed E-state index contributed by atoms with van der Waals surface area (Å²) >= 11 is 0. The molecule has 0 saturated heterocycles. The number of anilines is 2. The largest absolute Gasteiger partial charge is 0.351 e. The average molecular weight is 245 g/mol. The van der Waals surface area contributed by atoms with Crippen molar-refractivity contribution in [2.24, 2.45) is 5.73 Å². The molecule has 5 N–H and O–H groups in total. The number of rotatable bonds is 3. The van der Waals surface area contributed by atoms with Crippen LogP contribution >= 0.6 is 0 Å². The number of hydrogen-bond acceptors (Lipinski definition) is 3. The second-order valence-electron chi connectivity index (χ2n) is 3.51. The van der Waals surface area contributed by atoms with Gasteiger partial charge in [-0.15, -0.1) is 0 Å². The second kappa shape index (κ2) is 5.00. The number of hydrogen-bond donors (Lipinski definition) is 4. The highest BCUT2D eigenvalue weighted by Crippen LogP contribution is 2.11. The molecular weight excluding hydrogens is 234 g/mol. The minimum absolute atomic E-state index is 0.262. The van der Waals surface area contributed by atoms with Crippen molar-refractivity contribution < 1.29 is 9.59 Å². The van der Waals surface area contributed by atoms with Gasteiger partial charge in [0.15, 0.2) is 0 Å². The van der Waals surface area contributed by atoms with Gasteiger partial charge in [0.05, 0.1) is 11.9 Å². The monoisotopic (exact) mass is 245 g/mol. The summed E-state index contributed by atoms with van der Waals surface area (Å²) in [6.45, 7) is 0. The van der Waals surface area contributed by atoms with Crippen LogP contribution in [0.4, 0.5) is 16.2 Å². The number of primary amides is 1. The molecule has 0 saturated carbocycles. The van der Waals surface area contributed by atoms with Crippen molar-refractivity contribution >= 4 is 23.3 Å². The number of nitrogens with two attached hydrogens (primary N) is 1. The zero-order valence-electron chi connectivity index (χ0n) is 9.31. The van der Waals surface area contributed by atoms with Gasteiger partial charge in [0.1, 0.15) is 0 Å². The summed E-state index contributed by atoms with van der Waals surface area (Å²) < 4.78 is 0. The smallest absolute Gasteiger partial charge is 0.316 e. The number of amides is 3. The van der Waals surface area contributed by atoms with Crippen LogP contribution in [0.15, 0.2) is 36.7 Å². The molecule has 0 fully saturated rings. The van der Waals surface area contributed by atoms with Crippen LogP contribution in [0.2, 0.25) is 0 Å². The predicted octanol–water partition coefficient (Wildman–Crippen LogP) is 1.15. The van der Waals surface area contributed by atoms with Crippen molar-refractivity contribution in [2.45, 2.75) is 0 Å². The van der Waals surface area contributed by atoms with Gasteiger partial charge in [-0.05, 0) is 24.3 Å². The number of carbonyl (C=O) groups excluding carboxylic acids is 2. The van der Waals surface area contributed by atoms with Crippen LogP contribution < -0.4 is 16.4 Å². The van der Waals surface area contributed by atoms with Crippen LogP contribution in [0.3, 0.4) is 0 Å². The molecule has 92 valence electrons. The number of urea groups is 1. The minimum atomic E-state index is -0.648. The molecule has 1 heterocycles. The molecule has 18 heavy (non-hydrogen) atoms. The molecule has 0 aliphatic carbocycles. The quantitative estimate of drug-likeness (QED) is 0.650. The van der Waals surface area contributed by atoms with Crippen LogP contribution in [-0.2, 0) is 0 Å². The van der Waals surface area contributed by atoms with E-state index in [9.17, 15) is 9.59 Å². The van der Waals surface area contributed by atoms with E-state index in [4.69, 9.17) is 5.73 Å². The van der Waals surface area contributed by atoms with Gasteiger partial charge in [0.25, 0.3) is 5.91 Å². The van der Waals surface area contributed by atoms with Gasteiger partial charge in [-0.3, -0.25) is 9.89 Å². The number of nitrogens with zero attached hydrogens (tertiary/aromatic N) is 1. The summed E-state index contributed by atoms with van der Waals surface area (Å²) in [7, 11) is 0. The Hall–Kier alpha value is -2.83. The van der Waals surface area contributed by atoms with Gasteiger partial charge in [0, 0.05) is 17.4 Å². The molecule has 0 bridgehead atoms. The number of benzene rings is 1. The van der Waals surface area contributed by atoms with E-state index in [0.717, 1.165) is 0 Å². The van der Waals surface area contributed by atoms with Crippen molar-refractivity contribution in [1.29, 1.82) is 0 Å². The molecule has 0 radical (unpaired) electrons. The Morgan fingerprint density at radius 3 is 2.39 bits per heavy atom. The molecule has 0 aliphatic heterocycles. The Bertz CT molecular complexity index is 547. The summed E-state index contributed by atoms with van der Waals surface area (Å²) in [5.74, 6) is -0.262. The number of carbonyl (C=O) groups is 2. The maximum absolute atomic E-state index is 11.8. The van der Waals surface area contributed by atoms with Crippen LogP contribution in [0.5, 0.6) is 0 Å². The Kier molecular flexibility index (Phi) is 3.24. The van der Waals surface area contributed by atoms with E-state index in [1.54, 1.807) is 30.5 Å². The summed E-state index contributed by atoms with van der Waals surface area (Å²) in [5.41, 5.74) is 6.55. The maximum Gasteiger partial charge on any atom is 0.316 e. The van der Waals surface area contributed by atoms with E-state index >= 15 is 0 Å². The fourth-order valence-electron chi connectivity index (χ4n) is 1.37. The van der Waals surface area contributed by atoms with E-state index in [1.165, 1.54) is 6.20 Å². The van der Waals surface area contributed by atoms with E-state index in [-0.39, 0.29) is 5.91 Å². The van der Waals surface area contributed by atoms with Gasteiger partial charge in [0.2, 0.25) is 0 Å². The molecule has 2 rings (SSSR count). The van der Waals surface area contributed by atoms with Gasteiger partial charge < -0.3 is 16.4 Å². The lowest BCUT2D eigenvalue weighted by molar-refractivity contribution is 0.102. The fraction of sp³-hybridized carbons (Fsp3) is 0. The lowest BCUT2D eigenvalue weighted by Gasteiger charge is -2.04. The normalized spacial score (nSPS) is 9.78. The standard InChI is InChI=1S/C11H11N5O2/c12-11(18)16-8-3-1-7(2-4-8)10(17)15-9-5-13-14-6-9/h1-6H,(H,13,14)(H,15,17)(H3,12,16,18). The van der Waals surface area contributed by atoms with Crippen molar-refractivity contribution in [3.05, 3.63) is 42.2 Å². The van der Waals surface area contributed by atoms with Crippen LogP contribution in [0.1, 0.15) is 10.4 Å². The first-order valence-corrected chi connectivity index (χ1v) is 5.12. The molecule has 0 aliphatic rings. The molecule has 7 nitrogen and oxygen atoms in total. The zero-order chi connectivity index (χ0) is 13.0. The lowest BCUT2D eigenvalue weighted by atomic mass is 10.2. The number of nitrogens with one attached hydrogen (secondary N) is 3. The third kappa shape index (κ3) is 2.85. The van der Waals surface area contributed by atoms with Gasteiger partial charge >= 0.3 is 6.03 Å². The van der Waals surface area contributed by atoms with Crippen molar-refractivity contribution in [1.82, 2.24) is 10.2 Å². The van der Waals surface area contributed by atoms with Crippen LogP contribution in [-0.4, -0.2) is 22.1 Å². The highest BCUT2D eigenvalue weighted by Gasteiger charge is 2.06. The highest BCUT2D eigenvalue weighted by atomic mass is 16.2. The second-order valence-corrected chi connectivity index (χ2v) is 3.51. The first-order valence-electron chi connectivity index (χ1n) is 5.12. The van der Waals surface area contributed by atoms with E-state index in [2.05, 4.69) is 20.8 Å². The van der Waals surface area contributed by atoms with E-state index < -0.39 is 6.03 Å². The summed E-state index contributed by atoms with van der Waals surface area (Å²) in [6.07, 6.45) is 3.07. The summed E-state index contributed by atoms with van der Waals surface area (Å²) in [4.78, 5) is 22.4. The van der Waals surface area contributed by atoms with E-state index in [0.29, 0.717) is 16.9 Å². The predicted molar refractivity (Wildman–Crippen MR) is 66.2 cm³/mol. The van der Waals surface area contributed by atoms with Crippen molar-refractivity contribution in [3.8, 4) is 0 Å². The molecule has 0 unspecified atom stereocenters. The first kappa shape index (κ1) is 11.6. The molecular formula is C11H11N5O2. The highest BCUT2D eigenvalue weighted by molar-refractivity contribution is 6.04. The van der Waals surface area contributed by atoms with Gasteiger partial charge in [-0.25, -0.2) is 4.79 Å². The third-order valence-corrected chi connectivity index (χ3v) is 2.17. The molecule has 1 aromatic heterocycles. The molecule has 7 heteroatoms. The van der Waals surface area contributed by atoms with Crippen LogP contribution in [0, 0.1) is 0 Å². The number of aromatic nitrogens is 2. The first-order chi connectivity index (χ1) is 8.65. The summed E-state index contributed by atoms with van der Waals surface area (Å²) in [5, 5.41) is 11.4. The summed E-state index contributed by atoms with van der Waals surface area (Å²) in [6, 6.07) is 5.71. The number of aromatic amines is 1. The zero-order valence-corrected chi connectivity index (χ0v) is 9.31. The van der Waals surface area contributed by atoms with Gasteiger partial charge in [-0.1, -0.05) is 0 Å². The molecule has 2 aromatic rings. The average Bonchev–Trinajstić information content (AvgIpc) is 2.82. The maximum atomic E-state index is 11.8. The SMILES string of the molecule is NC(=O)Nc1ccc(C(=O)Nc2cn[nH]c2)cc1. The topological polar surface area (TPSA) is 113 Å². The van der Waals surface area contributed by atoms with Crippen LogP contribution in [0.25, 0.3) is 0 Å². The van der Waals surface area contributed by atoms with Crippen molar-refractivity contribution in [2.75, 3.05) is 10.6 Å². The molecule has 3 amide bonds. The number of H-pyrrole nitrogens is 1. The Morgan fingerprint density at radius 1 is 1.11 bits per heavy atom. The molecule has 0 atom stereocenters.